The Kier molecular flexibility index (Phi) is 7.16. The minimum absolute atomic E-state index is 0.238. The summed E-state index contributed by atoms with van der Waals surface area (Å²) in [5.74, 6) is 0.613. The third-order valence-electron chi connectivity index (χ3n) is 2.12. The Balaban J connectivity index is 2.25. The summed E-state index contributed by atoms with van der Waals surface area (Å²) in [5.41, 5.74) is 6.07. The summed E-state index contributed by atoms with van der Waals surface area (Å²) in [6.07, 6.45) is 4.02. The summed E-state index contributed by atoms with van der Waals surface area (Å²) >= 11 is 4.90. The van der Waals surface area contributed by atoms with Crippen LogP contribution >= 0.6 is 12.2 Å². The van der Waals surface area contributed by atoms with Crippen LogP contribution in [0.1, 0.15) is 12.1 Å². The minimum atomic E-state index is 0.238. The first-order valence-corrected chi connectivity index (χ1v) is 6.08. The van der Waals surface area contributed by atoms with E-state index in [4.69, 9.17) is 27.4 Å². The normalized spacial score (nSPS) is 10.3. The maximum Gasteiger partial charge on any atom is 0.155 e. The maximum atomic E-state index is 5.55. The number of nitrogens with two attached hydrogens (primary N) is 1. The van der Waals surface area contributed by atoms with Crippen LogP contribution < -0.4 is 11.1 Å². The van der Waals surface area contributed by atoms with Crippen LogP contribution in [0.2, 0.25) is 0 Å². The third-order valence-corrected chi connectivity index (χ3v) is 2.31. The number of ether oxygens (including phenoxy) is 2. The number of hydrogen-bond acceptors (Lipinski definition) is 6. The lowest BCUT2D eigenvalue weighted by Crippen LogP contribution is -2.17. The van der Waals surface area contributed by atoms with E-state index in [-0.39, 0.29) is 4.99 Å². The molecule has 0 saturated carbocycles. The highest BCUT2D eigenvalue weighted by Crippen LogP contribution is 2.07. The van der Waals surface area contributed by atoms with Gasteiger partial charge in [-0.05, 0) is 6.42 Å². The molecule has 0 unspecified atom stereocenters. The minimum Gasteiger partial charge on any atom is -0.388 e. The van der Waals surface area contributed by atoms with Gasteiger partial charge < -0.3 is 20.5 Å². The number of nitrogens with one attached hydrogen (secondary N) is 1. The lowest BCUT2D eigenvalue weighted by molar-refractivity contribution is 0.0705. The molecule has 1 heterocycles. The van der Waals surface area contributed by atoms with E-state index in [1.807, 2.05) is 0 Å². The van der Waals surface area contributed by atoms with E-state index < -0.39 is 0 Å². The van der Waals surface area contributed by atoms with Crippen LogP contribution in [0, 0.1) is 0 Å². The molecule has 0 radical (unpaired) electrons. The molecule has 18 heavy (non-hydrogen) atoms. The summed E-state index contributed by atoms with van der Waals surface area (Å²) in [5, 5.41) is 3.13. The van der Waals surface area contributed by atoms with Crippen molar-refractivity contribution >= 4 is 23.0 Å². The zero-order valence-electron chi connectivity index (χ0n) is 10.4. The summed E-state index contributed by atoms with van der Waals surface area (Å²) in [6.45, 7) is 2.61. The van der Waals surface area contributed by atoms with Gasteiger partial charge in [0.05, 0.1) is 13.2 Å². The molecule has 1 aromatic rings. The van der Waals surface area contributed by atoms with Crippen molar-refractivity contribution in [3.05, 3.63) is 18.1 Å². The van der Waals surface area contributed by atoms with Gasteiger partial charge in [0.1, 0.15) is 10.7 Å². The Morgan fingerprint density at radius 2 is 2.11 bits per heavy atom. The highest BCUT2D eigenvalue weighted by atomic mass is 32.1. The van der Waals surface area contributed by atoms with E-state index in [9.17, 15) is 0 Å². The first-order chi connectivity index (χ1) is 8.75. The van der Waals surface area contributed by atoms with E-state index in [2.05, 4.69) is 15.3 Å². The number of aromatic nitrogens is 2. The number of rotatable bonds is 9. The average Bonchev–Trinajstić information content (AvgIpc) is 2.38. The Morgan fingerprint density at radius 1 is 1.33 bits per heavy atom. The molecule has 0 saturated heterocycles. The highest BCUT2D eigenvalue weighted by Gasteiger charge is 2.06. The van der Waals surface area contributed by atoms with Gasteiger partial charge in [0.25, 0.3) is 0 Å². The number of thiocarbonyl (C=S) groups is 1. The number of anilines is 1. The Hall–Kier alpha value is -1.31. The molecule has 3 N–H and O–H groups in total. The van der Waals surface area contributed by atoms with Gasteiger partial charge in [-0.25, -0.2) is 9.97 Å². The molecule has 0 aromatic carbocycles. The quantitative estimate of drug-likeness (QED) is 0.501. The molecule has 0 amide bonds. The smallest absolute Gasteiger partial charge is 0.155 e. The summed E-state index contributed by atoms with van der Waals surface area (Å²) in [7, 11) is 1.65. The maximum absolute atomic E-state index is 5.55. The molecular weight excluding hydrogens is 252 g/mol. The van der Waals surface area contributed by atoms with Crippen LogP contribution in [0.3, 0.4) is 0 Å². The molecule has 0 spiro atoms. The van der Waals surface area contributed by atoms with E-state index in [0.717, 1.165) is 13.0 Å². The highest BCUT2D eigenvalue weighted by molar-refractivity contribution is 7.80. The van der Waals surface area contributed by atoms with Gasteiger partial charge in [-0.15, -0.1) is 0 Å². The van der Waals surface area contributed by atoms with E-state index in [1.165, 1.54) is 0 Å². The second-order valence-corrected chi connectivity index (χ2v) is 3.94. The predicted molar refractivity (Wildman–Crippen MR) is 73.7 cm³/mol. The molecular formula is C11H18N4O2S. The van der Waals surface area contributed by atoms with Crippen LogP contribution in [0.25, 0.3) is 0 Å². The lowest BCUT2D eigenvalue weighted by Gasteiger charge is -2.08. The van der Waals surface area contributed by atoms with Crippen molar-refractivity contribution in [1.29, 1.82) is 0 Å². The number of hydrogen-bond donors (Lipinski definition) is 2. The molecule has 100 valence electrons. The largest absolute Gasteiger partial charge is 0.388 e. The van der Waals surface area contributed by atoms with Gasteiger partial charge >= 0.3 is 0 Å². The van der Waals surface area contributed by atoms with Crippen molar-refractivity contribution in [2.45, 2.75) is 6.42 Å². The number of methoxy groups -OCH3 is 1. The van der Waals surface area contributed by atoms with Crippen LogP contribution in [0.15, 0.2) is 12.4 Å². The molecule has 6 nitrogen and oxygen atoms in total. The fourth-order valence-corrected chi connectivity index (χ4v) is 1.42. The SMILES string of the molecule is COCCOCCCNc1nccnc1C(N)=S. The van der Waals surface area contributed by atoms with Crippen molar-refractivity contribution < 1.29 is 9.47 Å². The van der Waals surface area contributed by atoms with Gasteiger partial charge in [-0.1, -0.05) is 12.2 Å². The predicted octanol–water partition coefficient (Wildman–Crippen LogP) is 0.576. The molecule has 1 aromatic heterocycles. The zero-order chi connectivity index (χ0) is 13.2. The monoisotopic (exact) mass is 270 g/mol. The van der Waals surface area contributed by atoms with Gasteiger partial charge in [0.15, 0.2) is 5.82 Å². The average molecular weight is 270 g/mol. The first kappa shape index (κ1) is 14.7. The standard InChI is InChI=1S/C11H18N4O2S/c1-16-7-8-17-6-2-3-14-11-9(10(12)18)13-4-5-15-11/h4-5H,2-3,6-8H2,1H3,(H2,12,18)(H,14,15). The molecule has 0 aliphatic heterocycles. The van der Waals surface area contributed by atoms with Crippen molar-refractivity contribution in [3.63, 3.8) is 0 Å². The Morgan fingerprint density at radius 3 is 2.83 bits per heavy atom. The molecule has 0 atom stereocenters. The third kappa shape index (κ3) is 5.35. The lowest BCUT2D eigenvalue weighted by atomic mass is 10.3. The van der Waals surface area contributed by atoms with Gasteiger partial charge in [0.2, 0.25) is 0 Å². The first-order valence-electron chi connectivity index (χ1n) is 5.67. The number of nitrogens with zero attached hydrogens (tertiary/aromatic N) is 2. The fourth-order valence-electron chi connectivity index (χ4n) is 1.27. The van der Waals surface area contributed by atoms with E-state index in [1.54, 1.807) is 19.5 Å². The van der Waals surface area contributed by atoms with Crippen molar-refractivity contribution in [2.75, 3.05) is 38.8 Å². The molecule has 7 heteroatoms. The molecule has 0 bridgehead atoms. The second-order valence-electron chi connectivity index (χ2n) is 3.50. The van der Waals surface area contributed by atoms with Gasteiger partial charge in [-0.2, -0.15) is 0 Å². The Labute approximate surface area is 112 Å². The topological polar surface area (TPSA) is 82.3 Å². The van der Waals surface area contributed by atoms with Crippen LogP contribution in [0.5, 0.6) is 0 Å². The van der Waals surface area contributed by atoms with Crippen molar-refractivity contribution in [2.24, 2.45) is 5.73 Å². The summed E-state index contributed by atoms with van der Waals surface area (Å²) in [6, 6.07) is 0. The van der Waals surface area contributed by atoms with Gasteiger partial charge in [0, 0.05) is 32.7 Å². The van der Waals surface area contributed by atoms with Crippen molar-refractivity contribution in [3.8, 4) is 0 Å². The van der Waals surface area contributed by atoms with Gasteiger partial charge in [-0.3, -0.25) is 0 Å². The second kappa shape index (κ2) is 8.73. The molecule has 0 aliphatic carbocycles. The van der Waals surface area contributed by atoms with E-state index in [0.29, 0.717) is 31.3 Å². The fraction of sp³-hybridized carbons (Fsp3) is 0.545. The van der Waals surface area contributed by atoms with Crippen LogP contribution in [0.4, 0.5) is 5.82 Å². The van der Waals surface area contributed by atoms with Crippen molar-refractivity contribution in [1.82, 2.24) is 9.97 Å². The summed E-state index contributed by atoms with van der Waals surface area (Å²) < 4.78 is 10.2. The van der Waals surface area contributed by atoms with Crippen LogP contribution in [-0.4, -0.2) is 48.4 Å². The molecule has 1 rings (SSSR count). The zero-order valence-corrected chi connectivity index (χ0v) is 11.2. The van der Waals surface area contributed by atoms with Crippen LogP contribution in [-0.2, 0) is 9.47 Å². The molecule has 0 aliphatic rings. The summed E-state index contributed by atoms with van der Waals surface area (Å²) in [4.78, 5) is 8.46. The van der Waals surface area contributed by atoms with E-state index >= 15 is 0 Å². The Bertz CT molecular complexity index is 376. The molecule has 0 fully saturated rings.